The number of carbonyl (C=O) groups excluding carboxylic acids is 1. The molecule has 0 rings (SSSR count). The summed E-state index contributed by atoms with van der Waals surface area (Å²) in [7, 11) is 0. The minimum absolute atomic E-state index is 0.406. The van der Waals surface area contributed by atoms with Gasteiger partial charge in [-0.05, 0) is 37.2 Å². The van der Waals surface area contributed by atoms with E-state index in [1.54, 1.807) is 6.08 Å². The molecule has 0 unspecified atom stereocenters. The third-order valence-electron chi connectivity index (χ3n) is 0.987. The lowest BCUT2D eigenvalue weighted by Crippen LogP contribution is -2.12. The standard InChI is InChI=1S/C7H12ClNO/c1-2-9-6-4-3-5-7(8)10/h3,5,9H,2,4,6H2,1H3. The van der Waals surface area contributed by atoms with Gasteiger partial charge in [0.2, 0.25) is 5.24 Å². The summed E-state index contributed by atoms with van der Waals surface area (Å²) in [5.41, 5.74) is 0. The molecule has 0 saturated carbocycles. The Bertz CT molecular complexity index is 123. The lowest BCUT2D eigenvalue weighted by Gasteiger charge is -1.93. The number of rotatable bonds is 5. The molecule has 1 N–H and O–H groups in total. The summed E-state index contributed by atoms with van der Waals surface area (Å²) in [6.07, 6.45) is 3.99. The van der Waals surface area contributed by atoms with Crippen LogP contribution in [0.1, 0.15) is 13.3 Å². The van der Waals surface area contributed by atoms with Crippen LogP contribution < -0.4 is 5.32 Å². The number of nitrogens with one attached hydrogen (secondary N) is 1. The fraction of sp³-hybridized carbons (Fsp3) is 0.571. The van der Waals surface area contributed by atoms with E-state index in [0.717, 1.165) is 19.5 Å². The smallest absolute Gasteiger partial charge is 0.244 e. The highest BCUT2D eigenvalue weighted by atomic mass is 35.5. The largest absolute Gasteiger partial charge is 0.317 e. The number of halogens is 1. The monoisotopic (exact) mass is 161 g/mol. The van der Waals surface area contributed by atoms with Crippen LogP contribution in [0.4, 0.5) is 0 Å². The average molecular weight is 162 g/mol. The van der Waals surface area contributed by atoms with Crippen molar-refractivity contribution in [2.75, 3.05) is 13.1 Å². The van der Waals surface area contributed by atoms with Crippen LogP contribution in [0, 0.1) is 0 Å². The van der Waals surface area contributed by atoms with Gasteiger partial charge in [-0.15, -0.1) is 0 Å². The van der Waals surface area contributed by atoms with Crippen LogP contribution in [0.2, 0.25) is 0 Å². The normalized spacial score (nSPS) is 10.6. The maximum absolute atomic E-state index is 10.1. The number of hydrogen-bond donors (Lipinski definition) is 1. The quantitative estimate of drug-likeness (QED) is 0.374. The van der Waals surface area contributed by atoms with Crippen LogP contribution in [-0.2, 0) is 4.79 Å². The molecule has 0 aromatic carbocycles. The highest BCUT2D eigenvalue weighted by Crippen LogP contribution is 1.85. The van der Waals surface area contributed by atoms with Gasteiger partial charge in [0.1, 0.15) is 0 Å². The Morgan fingerprint density at radius 3 is 2.90 bits per heavy atom. The van der Waals surface area contributed by atoms with Crippen LogP contribution in [0.3, 0.4) is 0 Å². The Kier molecular flexibility index (Phi) is 6.55. The number of carbonyl (C=O) groups is 1. The van der Waals surface area contributed by atoms with Gasteiger partial charge in [0.05, 0.1) is 0 Å². The lowest BCUT2D eigenvalue weighted by molar-refractivity contribution is -0.107. The summed E-state index contributed by atoms with van der Waals surface area (Å²) in [6, 6.07) is 0. The molecule has 0 aromatic rings. The maximum atomic E-state index is 10.1. The third-order valence-corrected chi connectivity index (χ3v) is 1.11. The zero-order valence-corrected chi connectivity index (χ0v) is 6.82. The maximum Gasteiger partial charge on any atom is 0.244 e. The van der Waals surface area contributed by atoms with Crippen LogP contribution in [-0.4, -0.2) is 18.3 Å². The van der Waals surface area contributed by atoms with Gasteiger partial charge in [-0.3, -0.25) is 4.79 Å². The Balaban J connectivity index is 3.10. The van der Waals surface area contributed by atoms with Gasteiger partial charge in [0, 0.05) is 0 Å². The summed E-state index contributed by atoms with van der Waals surface area (Å²) in [5.74, 6) is 0. The summed E-state index contributed by atoms with van der Waals surface area (Å²) in [6.45, 7) is 3.90. The number of allylic oxidation sites excluding steroid dienone is 1. The first kappa shape index (κ1) is 9.66. The van der Waals surface area contributed by atoms with Crippen molar-refractivity contribution in [2.45, 2.75) is 13.3 Å². The first-order chi connectivity index (χ1) is 4.77. The molecule has 0 saturated heterocycles. The van der Waals surface area contributed by atoms with Crippen molar-refractivity contribution in [3.63, 3.8) is 0 Å². The lowest BCUT2D eigenvalue weighted by atomic mass is 10.4. The molecule has 0 spiro atoms. The van der Waals surface area contributed by atoms with Gasteiger partial charge < -0.3 is 5.32 Å². The molecule has 0 aliphatic heterocycles. The molecule has 0 heterocycles. The van der Waals surface area contributed by atoms with Crippen molar-refractivity contribution in [1.82, 2.24) is 5.32 Å². The fourth-order valence-electron chi connectivity index (χ4n) is 0.538. The molecular weight excluding hydrogens is 150 g/mol. The first-order valence-electron chi connectivity index (χ1n) is 3.34. The molecule has 0 atom stereocenters. The van der Waals surface area contributed by atoms with Crippen LogP contribution in [0.5, 0.6) is 0 Å². The molecule has 0 radical (unpaired) electrons. The van der Waals surface area contributed by atoms with E-state index >= 15 is 0 Å². The van der Waals surface area contributed by atoms with Crippen LogP contribution in [0.25, 0.3) is 0 Å². The summed E-state index contributed by atoms with van der Waals surface area (Å²) >= 11 is 5.04. The molecule has 0 aliphatic rings. The van der Waals surface area contributed by atoms with Crippen LogP contribution in [0.15, 0.2) is 12.2 Å². The molecule has 0 fully saturated rings. The topological polar surface area (TPSA) is 29.1 Å². The Labute approximate surface area is 66.3 Å². The van der Waals surface area contributed by atoms with E-state index in [1.807, 2.05) is 6.92 Å². The summed E-state index contributed by atoms with van der Waals surface area (Å²) in [4.78, 5) is 10.1. The van der Waals surface area contributed by atoms with E-state index in [-0.39, 0.29) is 0 Å². The molecule has 0 bridgehead atoms. The molecule has 58 valence electrons. The zero-order chi connectivity index (χ0) is 7.82. The van der Waals surface area contributed by atoms with E-state index in [0.29, 0.717) is 0 Å². The van der Waals surface area contributed by atoms with E-state index in [4.69, 9.17) is 11.6 Å². The van der Waals surface area contributed by atoms with Crippen LogP contribution >= 0.6 is 11.6 Å². The van der Waals surface area contributed by atoms with Crippen molar-refractivity contribution < 1.29 is 4.79 Å². The highest BCUT2D eigenvalue weighted by molar-refractivity contribution is 6.66. The van der Waals surface area contributed by atoms with E-state index in [2.05, 4.69) is 5.32 Å². The first-order valence-corrected chi connectivity index (χ1v) is 3.72. The summed E-state index contributed by atoms with van der Waals surface area (Å²) in [5, 5.41) is 2.71. The molecule has 0 amide bonds. The van der Waals surface area contributed by atoms with Gasteiger partial charge in [-0.1, -0.05) is 13.0 Å². The minimum Gasteiger partial charge on any atom is -0.317 e. The molecule has 0 aliphatic carbocycles. The molecule has 2 nitrogen and oxygen atoms in total. The van der Waals surface area contributed by atoms with Gasteiger partial charge in [-0.25, -0.2) is 0 Å². The Hall–Kier alpha value is -0.340. The van der Waals surface area contributed by atoms with Crippen molar-refractivity contribution in [3.05, 3.63) is 12.2 Å². The second-order valence-electron chi connectivity index (χ2n) is 1.85. The van der Waals surface area contributed by atoms with Gasteiger partial charge in [0.25, 0.3) is 0 Å². The summed E-state index contributed by atoms with van der Waals surface area (Å²) < 4.78 is 0. The van der Waals surface area contributed by atoms with Crippen molar-refractivity contribution >= 4 is 16.8 Å². The molecular formula is C7H12ClNO. The minimum atomic E-state index is -0.406. The van der Waals surface area contributed by atoms with Crippen molar-refractivity contribution in [1.29, 1.82) is 0 Å². The van der Waals surface area contributed by atoms with E-state index < -0.39 is 5.24 Å². The second kappa shape index (κ2) is 6.78. The highest BCUT2D eigenvalue weighted by Gasteiger charge is 1.83. The fourth-order valence-corrected chi connectivity index (χ4v) is 0.627. The average Bonchev–Trinajstić information content (AvgIpc) is 1.87. The van der Waals surface area contributed by atoms with E-state index in [9.17, 15) is 4.79 Å². The van der Waals surface area contributed by atoms with E-state index in [1.165, 1.54) is 6.08 Å². The zero-order valence-electron chi connectivity index (χ0n) is 6.06. The van der Waals surface area contributed by atoms with Crippen molar-refractivity contribution in [3.8, 4) is 0 Å². The second-order valence-corrected chi connectivity index (χ2v) is 2.22. The molecule has 10 heavy (non-hydrogen) atoms. The molecule has 0 aromatic heterocycles. The number of hydrogen-bond acceptors (Lipinski definition) is 2. The molecule has 3 heteroatoms. The van der Waals surface area contributed by atoms with Gasteiger partial charge >= 0.3 is 0 Å². The SMILES string of the molecule is CCNCCC=CC(=O)Cl. The predicted molar refractivity (Wildman–Crippen MR) is 43.2 cm³/mol. The van der Waals surface area contributed by atoms with Crippen molar-refractivity contribution in [2.24, 2.45) is 0 Å². The Morgan fingerprint density at radius 2 is 2.40 bits per heavy atom. The van der Waals surface area contributed by atoms with Gasteiger partial charge in [-0.2, -0.15) is 0 Å². The Morgan fingerprint density at radius 1 is 1.70 bits per heavy atom. The van der Waals surface area contributed by atoms with Gasteiger partial charge in [0.15, 0.2) is 0 Å². The third kappa shape index (κ3) is 7.66. The predicted octanol–water partition coefficient (Wildman–Crippen LogP) is 1.31.